The average Bonchev–Trinajstić information content (AvgIpc) is 2.19. The Morgan fingerprint density at radius 2 is 1.80 bits per heavy atom. The lowest BCUT2D eigenvalue weighted by molar-refractivity contribution is -0.158. The Morgan fingerprint density at radius 3 is 2.15 bits per heavy atom. The molecule has 0 aliphatic carbocycles. The maximum atomic E-state index is 12.0. The number of rotatable bonds is 6. The zero-order chi connectivity index (χ0) is 16.1. The first-order valence-corrected chi connectivity index (χ1v) is 8.34. The second-order valence-electron chi connectivity index (χ2n) is 5.80. The van der Waals surface area contributed by atoms with E-state index in [1.165, 1.54) is 6.92 Å². The minimum Gasteiger partial charge on any atom is -0.458 e. The zero-order valence-electron chi connectivity index (χ0n) is 12.6. The van der Waals surface area contributed by atoms with Gasteiger partial charge in [-0.25, -0.2) is 13.2 Å². The molecule has 1 amide bonds. The van der Waals surface area contributed by atoms with Crippen LogP contribution in [0.2, 0.25) is 0 Å². The zero-order valence-corrected chi connectivity index (χ0v) is 13.4. The number of nitrogens with one attached hydrogen (secondary N) is 1. The molecular weight excluding hydrogens is 284 g/mol. The summed E-state index contributed by atoms with van der Waals surface area (Å²) < 4.78 is 27.5. The monoisotopic (exact) mass is 308 g/mol. The molecular formula is C12H24N2O5S. The molecule has 118 valence electrons. The van der Waals surface area contributed by atoms with Crippen LogP contribution in [0.3, 0.4) is 0 Å². The molecule has 8 heteroatoms. The molecule has 0 saturated heterocycles. The second-order valence-corrected chi connectivity index (χ2v) is 8.06. The van der Waals surface area contributed by atoms with Crippen LogP contribution in [0.25, 0.3) is 0 Å². The summed E-state index contributed by atoms with van der Waals surface area (Å²) in [6.45, 7) is 6.53. The van der Waals surface area contributed by atoms with Crippen LogP contribution in [0, 0.1) is 0 Å². The van der Waals surface area contributed by atoms with Gasteiger partial charge in [-0.2, -0.15) is 0 Å². The first kappa shape index (κ1) is 18.9. The van der Waals surface area contributed by atoms with Crippen molar-refractivity contribution < 1.29 is 22.7 Å². The molecule has 0 aromatic rings. The molecule has 0 aromatic carbocycles. The number of amides is 1. The number of sulfone groups is 1. The van der Waals surface area contributed by atoms with E-state index in [2.05, 4.69) is 5.32 Å². The van der Waals surface area contributed by atoms with E-state index in [1.54, 1.807) is 20.8 Å². The Balaban J connectivity index is 4.87. The molecule has 0 heterocycles. The van der Waals surface area contributed by atoms with Gasteiger partial charge in [0.05, 0.1) is 11.8 Å². The Bertz CT molecular complexity index is 451. The van der Waals surface area contributed by atoms with Gasteiger partial charge in [0.1, 0.15) is 21.5 Å². The van der Waals surface area contributed by atoms with E-state index >= 15 is 0 Å². The van der Waals surface area contributed by atoms with Crippen molar-refractivity contribution >= 4 is 21.7 Å². The molecule has 0 rings (SSSR count). The van der Waals surface area contributed by atoms with Crippen molar-refractivity contribution in [3.05, 3.63) is 0 Å². The number of esters is 1. The van der Waals surface area contributed by atoms with E-state index in [1.807, 2.05) is 0 Å². The summed E-state index contributed by atoms with van der Waals surface area (Å²) in [5.74, 6) is -1.43. The van der Waals surface area contributed by atoms with Gasteiger partial charge in [-0.05, 0) is 34.1 Å². The fourth-order valence-corrected chi connectivity index (χ4v) is 1.92. The third kappa shape index (κ3) is 8.87. The van der Waals surface area contributed by atoms with Crippen molar-refractivity contribution in [2.75, 3.05) is 12.0 Å². The van der Waals surface area contributed by atoms with E-state index in [-0.39, 0.29) is 12.2 Å². The summed E-state index contributed by atoms with van der Waals surface area (Å²) >= 11 is 0. The predicted molar refractivity (Wildman–Crippen MR) is 75.8 cm³/mol. The summed E-state index contributed by atoms with van der Waals surface area (Å²) in [5.41, 5.74) is 4.69. The summed E-state index contributed by atoms with van der Waals surface area (Å²) in [6.07, 6.45) is 1.01. The van der Waals surface area contributed by atoms with Crippen LogP contribution in [0.1, 0.15) is 34.1 Å². The van der Waals surface area contributed by atoms with Gasteiger partial charge in [0.15, 0.2) is 0 Å². The molecule has 7 nitrogen and oxygen atoms in total. The van der Waals surface area contributed by atoms with Gasteiger partial charge < -0.3 is 15.8 Å². The highest BCUT2D eigenvalue weighted by Gasteiger charge is 2.28. The molecule has 20 heavy (non-hydrogen) atoms. The number of hydrogen-bond donors (Lipinski definition) is 2. The highest BCUT2D eigenvalue weighted by molar-refractivity contribution is 7.90. The van der Waals surface area contributed by atoms with Crippen LogP contribution in [-0.2, 0) is 24.2 Å². The first-order chi connectivity index (χ1) is 8.82. The fourth-order valence-electron chi connectivity index (χ4n) is 1.26. The van der Waals surface area contributed by atoms with Crippen molar-refractivity contribution in [1.82, 2.24) is 5.32 Å². The van der Waals surface area contributed by atoms with E-state index in [0.717, 1.165) is 6.26 Å². The highest BCUT2D eigenvalue weighted by atomic mass is 32.2. The normalized spacial score (nSPS) is 15.3. The average molecular weight is 308 g/mol. The molecule has 0 radical (unpaired) electrons. The molecule has 3 N–H and O–H groups in total. The van der Waals surface area contributed by atoms with Crippen molar-refractivity contribution in [3.8, 4) is 0 Å². The third-order valence-corrected chi connectivity index (χ3v) is 3.18. The van der Waals surface area contributed by atoms with Crippen LogP contribution >= 0.6 is 0 Å². The largest absolute Gasteiger partial charge is 0.458 e. The van der Waals surface area contributed by atoms with Gasteiger partial charge in [0.25, 0.3) is 0 Å². The third-order valence-electron chi connectivity index (χ3n) is 2.20. The molecule has 2 atom stereocenters. The van der Waals surface area contributed by atoms with E-state index in [0.29, 0.717) is 0 Å². The maximum Gasteiger partial charge on any atom is 0.329 e. The minimum atomic E-state index is -3.24. The number of carbonyl (C=O) groups is 2. The lowest BCUT2D eigenvalue weighted by atomic mass is 10.1. The fraction of sp³-hybridized carbons (Fsp3) is 0.833. The van der Waals surface area contributed by atoms with E-state index in [4.69, 9.17) is 10.5 Å². The van der Waals surface area contributed by atoms with Crippen molar-refractivity contribution in [3.63, 3.8) is 0 Å². The highest BCUT2D eigenvalue weighted by Crippen LogP contribution is 2.10. The number of nitrogens with two attached hydrogens (primary N) is 1. The topological polar surface area (TPSA) is 116 Å². The first-order valence-electron chi connectivity index (χ1n) is 6.28. The van der Waals surface area contributed by atoms with E-state index in [9.17, 15) is 18.0 Å². The van der Waals surface area contributed by atoms with Gasteiger partial charge in [0, 0.05) is 6.26 Å². The minimum absolute atomic E-state index is 0.0494. The number of carbonyl (C=O) groups excluding carboxylic acids is 2. The molecule has 0 aliphatic rings. The molecule has 0 aliphatic heterocycles. The van der Waals surface area contributed by atoms with Gasteiger partial charge in [-0.3, -0.25) is 4.79 Å². The molecule has 0 aromatic heterocycles. The summed E-state index contributed by atoms with van der Waals surface area (Å²) in [4.78, 5) is 23.5. The van der Waals surface area contributed by atoms with Gasteiger partial charge in [-0.1, -0.05) is 0 Å². The van der Waals surface area contributed by atoms with Crippen molar-refractivity contribution in [2.45, 2.75) is 51.8 Å². The van der Waals surface area contributed by atoms with Crippen LogP contribution in [-0.4, -0.2) is 50.0 Å². The summed E-state index contributed by atoms with van der Waals surface area (Å²) in [6, 6.07) is -1.82. The smallest absolute Gasteiger partial charge is 0.329 e. The SMILES string of the molecule is C[C@H](N)C(=O)N[C@@H](CCS(C)(=O)=O)C(=O)OC(C)(C)C. The van der Waals surface area contributed by atoms with E-state index < -0.39 is 39.4 Å². The summed E-state index contributed by atoms with van der Waals surface area (Å²) in [7, 11) is -3.24. The van der Waals surface area contributed by atoms with Gasteiger partial charge >= 0.3 is 5.97 Å². The Hall–Kier alpha value is -1.15. The quantitative estimate of drug-likeness (QED) is 0.645. The lowest BCUT2D eigenvalue weighted by Crippen LogP contribution is -2.49. The van der Waals surface area contributed by atoms with Crippen LogP contribution in [0.5, 0.6) is 0 Å². The van der Waals surface area contributed by atoms with Crippen molar-refractivity contribution in [2.24, 2.45) is 5.73 Å². The Kier molecular flexibility index (Phi) is 6.63. The van der Waals surface area contributed by atoms with Crippen LogP contribution in [0.4, 0.5) is 0 Å². The van der Waals surface area contributed by atoms with Gasteiger partial charge in [-0.15, -0.1) is 0 Å². The second kappa shape index (κ2) is 7.03. The summed E-state index contributed by atoms with van der Waals surface area (Å²) in [5, 5.41) is 2.41. The standard InChI is InChI=1S/C12H24N2O5S/c1-8(13)10(15)14-9(6-7-20(5,17)18)11(16)19-12(2,3)4/h8-9H,6-7,13H2,1-5H3,(H,14,15)/t8-,9-/m0/s1. The van der Waals surface area contributed by atoms with Crippen molar-refractivity contribution in [1.29, 1.82) is 0 Å². The Labute approximate surface area is 120 Å². The molecule has 0 saturated carbocycles. The number of hydrogen-bond acceptors (Lipinski definition) is 6. The molecule has 0 fully saturated rings. The molecule has 0 unspecified atom stereocenters. The lowest BCUT2D eigenvalue weighted by Gasteiger charge is -2.25. The number of ether oxygens (including phenoxy) is 1. The molecule has 0 spiro atoms. The molecule has 0 bridgehead atoms. The Morgan fingerprint density at radius 1 is 1.30 bits per heavy atom. The van der Waals surface area contributed by atoms with Crippen LogP contribution in [0.15, 0.2) is 0 Å². The predicted octanol–water partition coefficient (Wildman–Crippen LogP) is -0.405. The van der Waals surface area contributed by atoms with Gasteiger partial charge in [0.2, 0.25) is 5.91 Å². The maximum absolute atomic E-state index is 12.0. The van der Waals surface area contributed by atoms with Crippen LogP contribution < -0.4 is 11.1 Å².